The molecule has 2 aromatic carbocycles. The molecule has 1 saturated carbocycles. The molecule has 3 heterocycles. The third kappa shape index (κ3) is 4.94. The summed E-state index contributed by atoms with van der Waals surface area (Å²) in [5.74, 6) is 0.658. The Kier molecular flexibility index (Phi) is 6.46. The third-order valence-electron chi connectivity index (χ3n) is 7.59. The first-order chi connectivity index (χ1) is 19.9. The Labute approximate surface area is 244 Å². The van der Waals surface area contributed by atoms with Crippen LogP contribution in [0.3, 0.4) is 0 Å². The molecular formula is C33H35N5O4. The van der Waals surface area contributed by atoms with Crippen molar-refractivity contribution in [2.45, 2.75) is 64.2 Å². The Bertz CT molecular complexity index is 1800. The van der Waals surface area contributed by atoms with E-state index in [2.05, 4.69) is 15.4 Å². The Morgan fingerprint density at radius 3 is 2.36 bits per heavy atom. The van der Waals surface area contributed by atoms with Crippen molar-refractivity contribution >= 4 is 22.8 Å². The fourth-order valence-corrected chi connectivity index (χ4v) is 6.06. The first kappa shape index (κ1) is 27.7. The average Bonchev–Trinajstić information content (AvgIpc) is 3.31. The molecule has 9 heteroatoms. The molecule has 3 aromatic heterocycles. The molecule has 6 rings (SSSR count). The number of fused-ring (bicyclic) bond motifs is 3. The molecule has 1 aliphatic rings. The Morgan fingerprint density at radius 1 is 1.05 bits per heavy atom. The number of aliphatic hydroxyl groups is 1. The van der Waals surface area contributed by atoms with E-state index in [1.807, 2.05) is 88.4 Å². The van der Waals surface area contributed by atoms with Crippen LogP contribution in [0.15, 0.2) is 66.9 Å². The number of aryl methyl sites for hydroxylation is 1. The summed E-state index contributed by atoms with van der Waals surface area (Å²) in [6, 6.07) is 19.9. The molecule has 1 fully saturated rings. The van der Waals surface area contributed by atoms with Gasteiger partial charge in [-0.25, -0.2) is 14.8 Å². The number of ether oxygens (including phenoxy) is 2. The van der Waals surface area contributed by atoms with Crippen molar-refractivity contribution in [2.24, 2.45) is 0 Å². The number of carbonyl (C=O) groups excluding carboxylic acids is 1. The minimum atomic E-state index is -0.886. The first-order valence-corrected chi connectivity index (χ1v) is 14.0. The maximum atomic E-state index is 12.8. The van der Waals surface area contributed by atoms with Crippen molar-refractivity contribution < 1.29 is 19.4 Å². The quantitative estimate of drug-likeness (QED) is 0.261. The Balaban J connectivity index is 1.49. The van der Waals surface area contributed by atoms with E-state index in [1.54, 1.807) is 24.7 Å². The molecule has 0 aliphatic heterocycles. The predicted octanol–water partition coefficient (Wildman–Crippen LogP) is 6.19. The van der Waals surface area contributed by atoms with Gasteiger partial charge in [-0.3, -0.25) is 0 Å². The lowest BCUT2D eigenvalue weighted by Crippen LogP contribution is -2.62. The second-order valence-electron chi connectivity index (χ2n) is 12.4. The predicted molar refractivity (Wildman–Crippen MR) is 161 cm³/mol. The number of benzene rings is 2. The van der Waals surface area contributed by atoms with Crippen LogP contribution in [0.2, 0.25) is 0 Å². The largest absolute Gasteiger partial charge is 0.495 e. The highest BCUT2D eigenvalue weighted by Crippen LogP contribution is 2.49. The molecule has 1 amide bonds. The van der Waals surface area contributed by atoms with Gasteiger partial charge in [0.1, 0.15) is 11.4 Å². The zero-order valence-corrected chi connectivity index (χ0v) is 24.7. The number of rotatable bonds is 5. The zero-order valence-electron chi connectivity index (χ0n) is 24.7. The van der Waals surface area contributed by atoms with E-state index in [4.69, 9.17) is 14.5 Å². The second kappa shape index (κ2) is 9.80. The van der Waals surface area contributed by atoms with Gasteiger partial charge in [-0.2, -0.15) is 9.61 Å². The van der Waals surface area contributed by atoms with E-state index >= 15 is 0 Å². The van der Waals surface area contributed by atoms with Gasteiger partial charge in [-0.05, 0) is 45.7 Å². The van der Waals surface area contributed by atoms with Gasteiger partial charge >= 0.3 is 6.09 Å². The van der Waals surface area contributed by atoms with E-state index in [-0.39, 0.29) is 0 Å². The van der Waals surface area contributed by atoms with E-state index in [1.165, 1.54) is 0 Å². The molecule has 216 valence electrons. The van der Waals surface area contributed by atoms with Crippen molar-refractivity contribution in [3.8, 4) is 28.1 Å². The van der Waals surface area contributed by atoms with Crippen molar-refractivity contribution in [3.05, 3.63) is 78.1 Å². The minimum Gasteiger partial charge on any atom is -0.495 e. The van der Waals surface area contributed by atoms with Crippen LogP contribution in [-0.4, -0.2) is 49.1 Å². The van der Waals surface area contributed by atoms with Crippen molar-refractivity contribution in [2.75, 3.05) is 7.11 Å². The van der Waals surface area contributed by atoms with Gasteiger partial charge in [0.15, 0.2) is 11.3 Å². The summed E-state index contributed by atoms with van der Waals surface area (Å²) in [6.45, 7) is 9.19. The summed E-state index contributed by atoms with van der Waals surface area (Å²) in [5, 5.41) is 19.1. The summed E-state index contributed by atoms with van der Waals surface area (Å²) in [5.41, 5.74) is 4.20. The molecule has 0 radical (unpaired) electrons. The summed E-state index contributed by atoms with van der Waals surface area (Å²) in [7, 11) is 1.65. The maximum absolute atomic E-state index is 12.8. The van der Waals surface area contributed by atoms with Gasteiger partial charge in [0, 0.05) is 30.7 Å². The van der Waals surface area contributed by atoms with Crippen molar-refractivity contribution in [3.63, 3.8) is 0 Å². The third-order valence-corrected chi connectivity index (χ3v) is 7.59. The van der Waals surface area contributed by atoms with Crippen LogP contribution < -0.4 is 10.1 Å². The van der Waals surface area contributed by atoms with Gasteiger partial charge in [0.05, 0.1) is 40.6 Å². The second-order valence-corrected chi connectivity index (χ2v) is 12.4. The molecule has 42 heavy (non-hydrogen) atoms. The van der Waals surface area contributed by atoms with Gasteiger partial charge in [-0.1, -0.05) is 54.6 Å². The minimum absolute atomic E-state index is 0.375. The lowest BCUT2D eigenvalue weighted by molar-refractivity contribution is -0.0892. The van der Waals surface area contributed by atoms with Crippen molar-refractivity contribution in [1.29, 1.82) is 0 Å². The van der Waals surface area contributed by atoms with Crippen LogP contribution in [0.25, 0.3) is 39.1 Å². The number of pyridine rings is 1. The van der Waals surface area contributed by atoms with Crippen LogP contribution in [0, 0.1) is 6.92 Å². The lowest BCUT2D eigenvalue weighted by atomic mass is 9.62. The monoisotopic (exact) mass is 565 g/mol. The highest BCUT2D eigenvalue weighted by molar-refractivity contribution is 5.98. The number of hydrogen-bond acceptors (Lipinski definition) is 7. The van der Waals surface area contributed by atoms with E-state index in [0.717, 1.165) is 39.0 Å². The standard InChI is InChI=1S/C33H35N5O4/c1-20-16-25-34-17-24-28(41-6)26(21-10-8-7-9-11-21)27(35-29(24)38(25)37-20)22-12-14-23(15-13-22)33(18-32(5,40)19-33)36-30(39)42-31(2,3)4/h7-17,40H,18-19H2,1-6H3,(H,36,39)/t32-,33+. The van der Waals surface area contributed by atoms with Gasteiger partial charge < -0.3 is 19.9 Å². The van der Waals surface area contributed by atoms with E-state index in [9.17, 15) is 9.90 Å². The first-order valence-electron chi connectivity index (χ1n) is 14.0. The number of methoxy groups -OCH3 is 1. The molecular weight excluding hydrogens is 530 g/mol. The molecule has 0 saturated heterocycles. The van der Waals surface area contributed by atoms with Crippen LogP contribution in [0.1, 0.15) is 51.8 Å². The SMILES string of the molecule is COc1c(-c2ccccc2)c(-c2ccc([C@]3(NC(=O)OC(C)(C)C)C[C@@](C)(O)C3)cc2)nc2c1cnc1cc(C)nn12. The Hall–Kier alpha value is -4.50. The number of carbonyl (C=O) groups is 1. The fourth-order valence-electron chi connectivity index (χ4n) is 6.06. The van der Waals surface area contributed by atoms with Crippen LogP contribution in [-0.2, 0) is 10.3 Å². The van der Waals surface area contributed by atoms with Gasteiger partial charge in [-0.15, -0.1) is 0 Å². The summed E-state index contributed by atoms with van der Waals surface area (Å²) in [6.07, 6.45) is 2.02. The molecule has 2 N–H and O–H groups in total. The highest BCUT2D eigenvalue weighted by Gasteiger charge is 2.53. The lowest BCUT2D eigenvalue weighted by Gasteiger charge is -2.52. The van der Waals surface area contributed by atoms with E-state index < -0.39 is 22.8 Å². The van der Waals surface area contributed by atoms with E-state index in [0.29, 0.717) is 29.9 Å². The fraction of sp³-hybridized carbons (Fsp3) is 0.333. The van der Waals surface area contributed by atoms with Gasteiger partial charge in [0.25, 0.3) is 0 Å². The summed E-state index contributed by atoms with van der Waals surface area (Å²) in [4.78, 5) is 22.6. The normalized spacial score (nSPS) is 20.4. The number of aromatic nitrogens is 4. The number of nitrogens with zero attached hydrogens (tertiary/aromatic N) is 4. The van der Waals surface area contributed by atoms with Crippen LogP contribution in [0.5, 0.6) is 5.75 Å². The molecule has 1 aliphatic carbocycles. The smallest absolute Gasteiger partial charge is 0.408 e. The molecule has 0 unspecified atom stereocenters. The average molecular weight is 566 g/mol. The number of nitrogens with one attached hydrogen (secondary N) is 1. The van der Waals surface area contributed by atoms with Crippen LogP contribution in [0.4, 0.5) is 4.79 Å². The Morgan fingerprint density at radius 2 is 1.74 bits per heavy atom. The molecule has 9 nitrogen and oxygen atoms in total. The van der Waals surface area contributed by atoms with Gasteiger partial charge in [0.2, 0.25) is 0 Å². The number of hydrogen-bond donors (Lipinski definition) is 2. The molecule has 0 bridgehead atoms. The number of amides is 1. The number of alkyl carbamates (subject to hydrolysis) is 1. The summed E-state index contributed by atoms with van der Waals surface area (Å²) < 4.78 is 13.3. The molecule has 5 aromatic rings. The summed E-state index contributed by atoms with van der Waals surface area (Å²) >= 11 is 0. The van der Waals surface area contributed by atoms with Crippen LogP contribution >= 0.6 is 0 Å². The van der Waals surface area contributed by atoms with Crippen molar-refractivity contribution in [1.82, 2.24) is 24.9 Å². The maximum Gasteiger partial charge on any atom is 0.408 e. The zero-order chi connectivity index (χ0) is 29.9. The topological polar surface area (TPSA) is 111 Å². The highest BCUT2D eigenvalue weighted by atomic mass is 16.6. The molecule has 0 spiro atoms. The molecule has 0 atom stereocenters.